The fourth-order valence-electron chi connectivity index (χ4n) is 1.92. The highest BCUT2D eigenvalue weighted by atomic mass is 16.5. The average Bonchev–Trinajstić information content (AvgIpc) is 2.47. The molecule has 1 aromatic heterocycles. The van der Waals surface area contributed by atoms with Crippen LogP contribution in [-0.2, 0) is 4.79 Å². The summed E-state index contributed by atoms with van der Waals surface area (Å²) in [4.78, 5) is 15.1. The van der Waals surface area contributed by atoms with Crippen LogP contribution in [0.1, 0.15) is 18.0 Å². The maximum atomic E-state index is 10.7. The van der Waals surface area contributed by atoms with E-state index >= 15 is 0 Å². The molecule has 0 aliphatic rings. The summed E-state index contributed by atoms with van der Waals surface area (Å²) < 4.78 is 5.09. The third kappa shape index (κ3) is 3.33. The molecule has 5 heteroatoms. The first-order valence-electron chi connectivity index (χ1n) is 6.19. The number of aromatic nitrogens is 1. The highest BCUT2D eigenvalue weighted by molar-refractivity contribution is 5.68. The summed E-state index contributed by atoms with van der Waals surface area (Å²) in [5.41, 5.74) is 8.28. The number of carboxylic acid groups (broad SMARTS) is 1. The van der Waals surface area contributed by atoms with Gasteiger partial charge in [0.25, 0.3) is 0 Å². The van der Waals surface area contributed by atoms with Crippen LogP contribution in [0.4, 0.5) is 0 Å². The highest BCUT2D eigenvalue weighted by Gasteiger charge is 2.11. The fraction of sp³-hybridized carbons (Fsp3) is 0.200. The average molecular weight is 272 g/mol. The lowest BCUT2D eigenvalue weighted by molar-refractivity contribution is -0.137. The molecule has 0 fully saturated rings. The minimum absolute atomic E-state index is 0.102. The van der Waals surface area contributed by atoms with Crippen LogP contribution in [0.25, 0.3) is 11.3 Å². The third-order valence-electron chi connectivity index (χ3n) is 2.94. The molecule has 0 bridgehead atoms. The molecular formula is C15H16N2O3. The van der Waals surface area contributed by atoms with Crippen molar-refractivity contribution in [2.45, 2.75) is 12.5 Å². The van der Waals surface area contributed by atoms with E-state index in [9.17, 15) is 4.79 Å². The zero-order valence-electron chi connectivity index (χ0n) is 11.1. The van der Waals surface area contributed by atoms with Gasteiger partial charge in [0.1, 0.15) is 0 Å². The molecule has 0 saturated carbocycles. The summed E-state index contributed by atoms with van der Waals surface area (Å²) in [7, 11) is 1.56. The van der Waals surface area contributed by atoms with Gasteiger partial charge in [0, 0.05) is 17.7 Å². The number of rotatable bonds is 5. The van der Waals surface area contributed by atoms with Crippen LogP contribution in [0, 0.1) is 0 Å². The highest BCUT2D eigenvalue weighted by Crippen LogP contribution is 2.23. The normalized spacial score (nSPS) is 11.9. The molecule has 1 unspecified atom stereocenters. The van der Waals surface area contributed by atoms with Gasteiger partial charge in [-0.1, -0.05) is 24.3 Å². The summed E-state index contributed by atoms with van der Waals surface area (Å²) in [5, 5.41) is 8.79. The van der Waals surface area contributed by atoms with Crippen molar-refractivity contribution < 1.29 is 14.6 Å². The third-order valence-corrected chi connectivity index (χ3v) is 2.94. The first-order valence-corrected chi connectivity index (χ1v) is 6.19. The lowest BCUT2D eigenvalue weighted by atomic mass is 10.0. The molecule has 0 spiro atoms. The Morgan fingerprint density at radius 1 is 1.35 bits per heavy atom. The van der Waals surface area contributed by atoms with Crippen LogP contribution in [0.5, 0.6) is 5.88 Å². The van der Waals surface area contributed by atoms with Crippen molar-refractivity contribution in [1.29, 1.82) is 0 Å². The second-order valence-corrected chi connectivity index (χ2v) is 4.40. The van der Waals surface area contributed by atoms with E-state index in [1.54, 1.807) is 13.2 Å². The van der Waals surface area contributed by atoms with Gasteiger partial charge in [-0.3, -0.25) is 4.79 Å². The number of ether oxygens (including phenoxy) is 1. The topological polar surface area (TPSA) is 85.4 Å². The molecule has 0 radical (unpaired) electrons. The quantitative estimate of drug-likeness (QED) is 0.871. The number of aliphatic carboxylic acids is 1. The Balaban J connectivity index is 2.31. The summed E-state index contributed by atoms with van der Waals surface area (Å²) in [6.45, 7) is 0. The van der Waals surface area contributed by atoms with Crippen LogP contribution >= 0.6 is 0 Å². The Morgan fingerprint density at radius 2 is 2.10 bits per heavy atom. The standard InChI is InChI=1S/C15H16N2O3/c1-20-14-7-3-6-13(17-14)11-5-2-4-10(8-11)12(16)9-15(18)19/h2-8,12H,9,16H2,1H3,(H,18,19). The minimum atomic E-state index is -0.914. The Bertz CT molecular complexity index is 614. The van der Waals surface area contributed by atoms with Crippen molar-refractivity contribution in [3.05, 3.63) is 48.0 Å². The van der Waals surface area contributed by atoms with Crippen LogP contribution in [-0.4, -0.2) is 23.2 Å². The molecule has 0 aliphatic carbocycles. The lowest BCUT2D eigenvalue weighted by Crippen LogP contribution is -2.14. The van der Waals surface area contributed by atoms with E-state index in [0.29, 0.717) is 5.88 Å². The van der Waals surface area contributed by atoms with E-state index in [-0.39, 0.29) is 6.42 Å². The van der Waals surface area contributed by atoms with Crippen molar-refractivity contribution in [2.75, 3.05) is 7.11 Å². The predicted molar refractivity (Wildman–Crippen MR) is 75.4 cm³/mol. The number of carbonyl (C=O) groups is 1. The molecule has 0 aliphatic heterocycles. The van der Waals surface area contributed by atoms with Crippen molar-refractivity contribution in [3.8, 4) is 17.1 Å². The van der Waals surface area contributed by atoms with Crippen LogP contribution in [0.2, 0.25) is 0 Å². The number of methoxy groups -OCH3 is 1. The Hall–Kier alpha value is -2.40. The molecular weight excluding hydrogens is 256 g/mol. The van der Waals surface area contributed by atoms with Gasteiger partial charge in [0.05, 0.1) is 19.2 Å². The zero-order chi connectivity index (χ0) is 14.5. The molecule has 2 aromatic rings. The molecule has 0 amide bonds. The molecule has 1 aromatic carbocycles. The minimum Gasteiger partial charge on any atom is -0.481 e. The van der Waals surface area contributed by atoms with Crippen LogP contribution in [0.15, 0.2) is 42.5 Å². The van der Waals surface area contributed by atoms with Gasteiger partial charge in [-0.05, 0) is 17.7 Å². The predicted octanol–water partition coefficient (Wildman–Crippen LogP) is 2.23. The van der Waals surface area contributed by atoms with Crippen molar-refractivity contribution >= 4 is 5.97 Å². The van der Waals surface area contributed by atoms with Crippen LogP contribution < -0.4 is 10.5 Å². The number of carboxylic acids is 1. The number of hydrogen-bond donors (Lipinski definition) is 2. The van der Waals surface area contributed by atoms with Gasteiger partial charge in [0.15, 0.2) is 0 Å². The van der Waals surface area contributed by atoms with Crippen molar-refractivity contribution in [3.63, 3.8) is 0 Å². The molecule has 1 heterocycles. The van der Waals surface area contributed by atoms with E-state index in [1.165, 1.54) is 0 Å². The second-order valence-electron chi connectivity index (χ2n) is 4.40. The number of pyridine rings is 1. The lowest BCUT2D eigenvalue weighted by Gasteiger charge is -2.11. The van der Waals surface area contributed by atoms with Gasteiger partial charge in [-0.25, -0.2) is 4.98 Å². The Morgan fingerprint density at radius 3 is 2.80 bits per heavy atom. The summed E-state index contributed by atoms with van der Waals surface area (Å²) in [6.07, 6.45) is -0.102. The zero-order valence-corrected chi connectivity index (χ0v) is 11.1. The van der Waals surface area contributed by atoms with Gasteiger partial charge >= 0.3 is 5.97 Å². The number of benzene rings is 1. The smallest absolute Gasteiger partial charge is 0.305 e. The maximum absolute atomic E-state index is 10.7. The first kappa shape index (κ1) is 14.0. The molecule has 3 N–H and O–H groups in total. The molecule has 2 rings (SSSR count). The van der Waals surface area contributed by atoms with Crippen molar-refractivity contribution in [1.82, 2.24) is 4.98 Å². The van der Waals surface area contributed by atoms with E-state index in [4.69, 9.17) is 15.6 Å². The first-order chi connectivity index (χ1) is 9.60. The number of hydrogen-bond acceptors (Lipinski definition) is 4. The maximum Gasteiger partial charge on any atom is 0.305 e. The van der Waals surface area contributed by atoms with Gasteiger partial charge in [0.2, 0.25) is 5.88 Å². The number of nitrogens with zero attached hydrogens (tertiary/aromatic N) is 1. The van der Waals surface area contributed by atoms with E-state index in [1.807, 2.05) is 36.4 Å². The molecule has 5 nitrogen and oxygen atoms in total. The molecule has 104 valence electrons. The number of nitrogens with two attached hydrogens (primary N) is 1. The second kappa shape index (κ2) is 6.16. The molecule has 0 saturated heterocycles. The SMILES string of the molecule is COc1cccc(-c2cccc(C(N)CC(=O)O)c2)n1. The Labute approximate surface area is 117 Å². The molecule has 20 heavy (non-hydrogen) atoms. The van der Waals surface area contributed by atoms with E-state index in [2.05, 4.69) is 4.98 Å². The monoisotopic (exact) mass is 272 g/mol. The summed E-state index contributed by atoms with van der Waals surface area (Å²) in [5.74, 6) is -0.384. The van der Waals surface area contributed by atoms with Gasteiger partial charge < -0.3 is 15.6 Å². The largest absolute Gasteiger partial charge is 0.481 e. The summed E-state index contributed by atoms with van der Waals surface area (Å²) >= 11 is 0. The van der Waals surface area contributed by atoms with E-state index < -0.39 is 12.0 Å². The van der Waals surface area contributed by atoms with Gasteiger partial charge in [-0.2, -0.15) is 0 Å². The Kier molecular flexibility index (Phi) is 4.32. The summed E-state index contributed by atoms with van der Waals surface area (Å²) in [6, 6.07) is 12.4. The van der Waals surface area contributed by atoms with Crippen LogP contribution in [0.3, 0.4) is 0 Å². The fourth-order valence-corrected chi connectivity index (χ4v) is 1.92. The van der Waals surface area contributed by atoms with Gasteiger partial charge in [-0.15, -0.1) is 0 Å². The molecule has 1 atom stereocenters. The van der Waals surface area contributed by atoms with E-state index in [0.717, 1.165) is 16.8 Å². The van der Waals surface area contributed by atoms with Crippen molar-refractivity contribution in [2.24, 2.45) is 5.73 Å².